The van der Waals surface area contributed by atoms with Crippen molar-refractivity contribution < 1.29 is 0 Å². The molecule has 2 heteroatoms. The SMILES string of the molecule is CN1CCC(C2(N)CC2)C12CC2. The Morgan fingerprint density at radius 3 is 2.42 bits per heavy atom. The van der Waals surface area contributed by atoms with Crippen molar-refractivity contribution in [2.24, 2.45) is 11.7 Å². The molecule has 1 unspecified atom stereocenters. The maximum absolute atomic E-state index is 6.30. The van der Waals surface area contributed by atoms with Gasteiger partial charge in [-0.3, -0.25) is 0 Å². The third-order valence-electron chi connectivity index (χ3n) is 4.45. The second-order valence-corrected chi connectivity index (χ2v) is 5.10. The Balaban J connectivity index is 1.88. The molecular formula is C10H18N2. The van der Waals surface area contributed by atoms with E-state index in [0.717, 1.165) is 5.92 Å². The van der Waals surface area contributed by atoms with Gasteiger partial charge in [0.1, 0.15) is 0 Å². The molecule has 2 saturated carbocycles. The van der Waals surface area contributed by atoms with E-state index in [1.54, 1.807) is 0 Å². The first-order valence-corrected chi connectivity index (χ1v) is 5.18. The van der Waals surface area contributed by atoms with Crippen molar-refractivity contribution >= 4 is 0 Å². The fourth-order valence-corrected chi connectivity index (χ4v) is 3.25. The summed E-state index contributed by atoms with van der Waals surface area (Å²) >= 11 is 0. The lowest BCUT2D eigenvalue weighted by Gasteiger charge is -2.28. The fourth-order valence-electron chi connectivity index (χ4n) is 3.25. The van der Waals surface area contributed by atoms with Gasteiger partial charge in [0.2, 0.25) is 0 Å². The van der Waals surface area contributed by atoms with Crippen LogP contribution in [0.25, 0.3) is 0 Å². The number of rotatable bonds is 1. The topological polar surface area (TPSA) is 29.3 Å². The molecule has 1 atom stereocenters. The molecule has 0 aromatic heterocycles. The van der Waals surface area contributed by atoms with Crippen LogP contribution in [0, 0.1) is 5.92 Å². The quantitative estimate of drug-likeness (QED) is 0.628. The molecule has 1 aliphatic heterocycles. The van der Waals surface area contributed by atoms with Gasteiger partial charge in [-0.25, -0.2) is 0 Å². The van der Waals surface area contributed by atoms with E-state index in [0.29, 0.717) is 5.54 Å². The minimum absolute atomic E-state index is 0.265. The van der Waals surface area contributed by atoms with Crippen LogP contribution in [0.5, 0.6) is 0 Å². The third-order valence-corrected chi connectivity index (χ3v) is 4.45. The van der Waals surface area contributed by atoms with E-state index in [2.05, 4.69) is 11.9 Å². The normalized spacial score (nSPS) is 42.0. The van der Waals surface area contributed by atoms with Gasteiger partial charge in [0.25, 0.3) is 0 Å². The third kappa shape index (κ3) is 0.728. The molecular weight excluding hydrogens is 148 g/mol. The molecule has 0 bridgehead atoms. The van der Waals surface area contributed by atoms with Crippen LogP contribution in [0.1, 0.15) is 32.1 Å². The van der Waals surface area contributed by atoms with E-state index in [1.807, 2.05) is 0 Å². The Morgan fingerprint density at radius 2 is 1.92 bits per heavy atom. The summed E-state index contributed by atoms with van der Waals surface area (Å²) in [6.07, 6.45) is 6.74. The van der Waals surface area contributed by atoms with Gasteiger partial charge in [-0.15, -0.1) is 0 Å². The number of nitrogens with two attached hydrogens (primary N) is 1. The summed E-state index contributed by atoms with van der Waals surface area (Å²) in [6, 6.07) is 0. The molecule has 2 nitrogen and oxygen atoms in total. The van der Waals surface area contributed by atoms with Gasteiger partial charge in [0.15, 0.2) is 0 Å². The molecule has 1 spiro atoms. The Hall–Kier alpha value is -0.0800. The summed E-state index contributed by atoms with van der Waals surface area (Å²) in [6.45, 7) is 1.28. The van der Waals surface area contributed by atoms with Gasteiger partial charge in [-0.1, -0.05) is 0 Å². The lowest BCUT2D eigenvalue weighted by molar-refractivity contribution is 0.221. The van der Waals surface area contributed by atoms with E-state index >= 15 is 0 Å². The van der Waals surface area contributed by atoms with Crippen LogP contribution in [0.2, 0.25) is 0 Å². The average Bonchev–Trinajstić information content (AvgIpc) is 2.87. The number of nitrogens with zero attached hydrogens (tertiary/aromatic N) is 1. The smallest absolute Gasteiger partial charge is 0.0254 e. The van der Waals surface area contributed by atoms with Crippen LogP contribution in [0.3, 0.4) is 0 Å². The minimum atomic E-state index is 0.265. The first kappa shape index (κ1) is 7.34. The van der Waals surface area contributed by atoms with E-state index in [1.165, 1.54) is 38.6 Å². The monoisotopic (exact) mass is 166 g/mol. The van der Waals surface area contributed by atoms with Gasteiger partial charge in [-0.2, -0.15) is 0 Å². The molecule has 1 saturated heterocycles. The number of hydrogen-bond acceptors (Lipinski definition) is 2. The van der Waals surface area contributed by atoms with Crippen molar-refractivity contribution in [1.82, 2.24) is 4.90 Å². The largest absolute Gasteiger partial charge is 0.325 e. The van der Waals surface area contributed by atoms with Gasteiger partial charge in [0.05, 0.1) is 0 Å². The molecule has 0 radical (unpaired) electrons. The zero-order valence-electron chi connectivity index (χ0n) is 7.84. The highest BCUT2D eigenvalue weighted by molar-refractivity contribution is 5.21. The molecule has 2 N–H and O–H groups in total. The van der Waals surface area contributed by atoms with Gasteiger partial charge >= 0.3 is 0 Å². The second-order valence-electron chi connectivity index (χ2n) is 5.10. The van der Waals surface area contributed by atoms with Crippen molar-refractivity contribution in [2.45, 2.75) is 43.2 Å². The van der Waals surface area contributed by atoms with E-state index in [9.17, 15) is 0 Å². The summed E-state index contributed by atoms with van der Waals surface area (Å²) < 4.78 is 0. The first-order chi connectivity index (χ1) is 5.67. The highest BCUT2D eigenvalue weighted by Gasteiger charge is 2.64. The summed E-state index contributed by atoms with van der Waals surface area (Å²) in [5, 5.41) is 0. The molecule has 3 aliphatic rings. The van der Waals surface area contributed by atoms with Crippen molar-refractivity contribution in [3.8, 4) is 0 Å². The van der Waals surface area contributed by atoms with Crippen LogP contribution in [0.4, 0.5) is 0 Å². The molecule has 3 rings (SSSR count). The fraction of sp³-hybridized carbons (Fsp3) is 1.00. The lowest BCUT2D eigenvalue weighted by Crippen LogP contribution is -2.42. The summed E-state index contributed by atoms with van der Waals surface area (Å²) in [5.41, 5.74) is 7.14. The Labute approximate surface area is 74.1 Å². The van der Waals surface area contributed by atoms with E-state index < -0.39 is 0 Å². The summed E-state index contributed by atoms with van der Waals surface area (Å²) in [4.78, 5) is 2.56. The Kier molecular flexibility index (Phi) is 1.15. The van der Waals surface area contributed by atoms with Crippen LogP contribution in [-0.2, 0) is 0 Å². The average molecular weight is 166 g/mol. The van der Waals surface area contributed by atoms with Gasteiger partial charge in [-0.05, 0) is 51.6 Å². The molecule has 0 aromatic carbocycles. The maximum atomic E-state index is 6.30. The van der Waals surface area contributed by atoms with Crippen LogP contribution in [0.15, 0.2) is 0 Å². The highest BCUT2D eigenvalue weighted by atomic mass is 15.2. The van der Waals surface area contributed by atoms with Gasteiger partial charge in [0, 0.05) is 11.1 Å². The summed E-state index contributed by atoms with van der Waals surface area (Å²) in [7, 11) is 2.28. The van der Waals surface area contributed by atoms with Crippen LogP contribution in [-0.4, -0.2) is 29.6 Å². The van der Waals surface area contributed by atoms with Crippen molar-refractivity contribution in [2.75, 3.05) is 13.6 Å². The second kappa shape index (κ2) is 1.88. The number of hydrogen-bond donors (Lipinski definition) is 1. The Morgan fingerprint density at radius 1 is 1.25 bits per heavy atom. The Bertz CT molecular complexity index is 216. The maximum Gasteiger partial charge on any atom is 0.0254 e. The summed E-state index contributed by atoms with van der Waals surface area (Å²) in [5.74, 6) is 0.829. The first-order valence-electron chi connectivity index (χ1n) is 5.18. The predicted octanol–water partition coefficient (Wildman–Crippen LogP) is 0.962. The van der Waals surface area contributed by atoms with E-state index in [4.69, 9.17) is 5.73 Å². The van der Waals surface area contributed by atoms with Crippen molar-refractivity contribution in [1.29, 1.82) is 0 Å². The molecule has 12 heavy (non-hydrogen) atoms. The molecule has 3 fully saturated rings. The lowest BCUT2D eigenvalue weighted by atomic mass is 9.88. The zero-order valence-corrected chi connectivity index (χ0v) is 7.84. The molecule has 0 amide bonds. The van der Waals surface area contributed by atoms with Crippen LogP contribution >= 0.6 is 0 Å². The highest BCUT2D eigenvalue weighted by Crippen LogP contribution is 2.60. The standard InChI is InChI=1S/C10H18N2/c1-12-7-2-8(9(11)3-4-9)10(12)5-6-10/h8H,2-7,11H2,1H3. The van der Waals surface area contributed by atoms with Crippen molar-refractivity contribution in [3.63, 3.8) is 0 Å². The minimum Gasteiger partial charge on any atom is -0.325 e. The molecule has 0 aromatic rings. The van der Waals surface area contributed by atoms with Gasteiger partial charge < -0.3 is 10.6 Å². The molecule has 68 valence electrons. The number of likely N-dealkylation sites (tertiary alicyclic amines) is 1. The van der Waals surface area contributed by atoms with E-state index in [-0.39, 0.29) is 5.54 Å². The predicted molar refractivity (Wildman–Crippen MR) is 48.9 cm³/mol. The zero-order chi connectivity index (χ0) is 8.40. The molecule has 1 heterocycles. The molecule has 2 aliphatic carbocycles. The van der Waals surface area contributed by atoms with Crippen LogP contribution < -0.4 is 5.73 Å². The van der Waals surface area contributed by atoms with Crippen molar-refractivity contribution in [3.05, 3.63) is 0 Å².